The number of fused-ring (bicyclic) bond motifs is 4. The molecule has 0 unspecified atom stereocenters. The molecule has 0 bridgehead atoms. The average Bonchev–Trinajstić information content (AvgIpc) is 2.90. The van der Waals surface area contributed by atoms with E-state index < -0.39 is 0 Å². The van der Waals surface area contributed by atoms with E-state index in [1.54, 1.807) is 0 Å². The zero-order chi connectivity index (χ0) is 22.5. The summed E-state index contributed by atoms with van der Waals surface area (Å²) in [5.74, 6) is 3.37. The molecular weight excluding hydrogens is 420 g/mol. The van der Waals surface area contributed by atoms with Crippen LogP contribution in [0.3, 0.4) is 0 Å². The lowest BCUT2D eigenvalue weighted by Gasteiger charge is -2.35. The van der Waals surface area contributed by atoms with Crippen LogP contribution in [0.1, 0.15) is 0 Å². The van der Waals surface area contributed by atoms with Crippen molar-refractivity contribution in [3.8, 4) is 23.0 Å². The third kappa shape index (κ3) is 2.86. The minimum absolute atomic E-state index is 0.841. The molecule has 0 radical (unpaired) electrons. The molecular formula is C30H20N2O2. The second-order valence-corrected chi connectivity index (χ2v) is 8.27. The highest BCUT2D eigenvalue weighted by Crippen LogP contribution is 2.53. The Balaban J connectivity index is 1.42. The summed E-state index contributed by atoms with van der Waals surface area (Å²) in [6.07, 6.45) is 0. The first-order chi connectivity index (χ1) is 16.9. The molecule has 2 heterocycles. The van der Waals surface area contributed by atoms with Crippen molar-refractivity contribution in [3.05, 3.63) is 121 Å². The molecule has 4 nitrogen and oxygen atoms in total. The topological polar surface area (TPSA) is 24.9 Å². The van der Waals surface area contributed by atoms with Crippen LogP contribution in [0.15, 0.2) is 121 Å². The molecule has 0 fully saturated rings. The fourth-order valence-electron chi connectivity index (χ4n) is 4.74. The van der Waals surface area contributed by atoms with Crippen LogP contribution in [-0.2, 0) is 0 Å². The van der Waals surface area contributed by atoms with Crippen LogP contribution in [0.2, 0.25) is 0 Å². The van der Waals surface area contributed by atoms with Crippen molar-refractivity contribution in [2.75, 3.05) is 9.80 Å². The van der Waals surface area contributed by atoms with Gasteiger partial charge in [0, 0.05) is 11.4 Å². The maximum atomic E-state index is 6.20. The van der Waals surface area contributed by atoms with Gasteiger partial charge in [0.05, 0.1) is 22.7 Å². The fourth-order valence-corrected chi connectivity index (χ4v) is 4.74. The van der Waals surface area contributed by atoms with Gasteiger partial charge in [0.1, 0.15) is 0 Å². The van der Waals surface area contributed by atoms with Crippen LogP contribution >= 0.6 is 0 Å². The summed E-state index contributed by atoms with van der Waals surface area (Å²) in [6.45, 7) is 0. The van der Waals surface area contributed by atoms with E-state index >= 15 is 0 Å². The Kier molecular flexibility index (Phi) is 4.11. The monoisotopic (exact) mass is 440 g/mol. The highest BCUT2D eigenvalue weighted by Gasteiger charge is 2.28. The number of ether oxygens (including phenoxy) is 2. The molecule has 0 aliphatic carbocycles. The molecule has 5 aromatic carbocycles. The molecule has 2 aliphatic heterocycles. The first kappa shape index (κ1) is 18.8. The van der Waals surface area contributed by atoms with E-state index in [4.69, 9.17) is 9.47 Å². The van der Waals surface area contributed by atoms with E-state index in [9.17, 15) is 0 Å². The third-order valence-electron chi connectivity index (χ3n) is 6.21. The summed E-state index contributed by atoms with van der Waals surface area (Å²) in [7, 11) is 0. The highest BCUT2D eigenvalue weighted by molar-refractivity contribution is 5.90. The first-order valence-corrected chi connectivity index (χ1v) is 11.3. The second kappa shape index (κ2) is 7.42. The van der Waals surface area contributed by atoms with Gasteiger partial charge in [-0.2, -0.15) is 0 Å². The Hall–Kier alpha value is -4.70. The van der Waals surface area contributed by atoms with E-state index in [0.717, 1.165) is 57.1 Å². The minimum Gasteiger partial charge on any atom is -0.453 e. The van der Waals surface area contributed by atoms with Gasteiger partial charge in [-0.1, -0.05) is 54.6 Å². The quantitative estimate of drug-likeness (QED) is 0.268. The van der Waals surface area contributed by atoms with Crippen molar-refractivity contribution in [1.82, 2.24) is 0 Å². The van der Waals surface area contributed by atoms with Gasteiger partial charge in [0.25, 0.3) is 0 Å². The van der Waals surface area contributed by atoms with E-state index in [2.05, 4.69) is 58.3 Å². The summed E-state index contributed by atoms with van der Waals surface area (Å²) in [5, 5.41) is 0. The number of rotatable bonds is 2. The molecule has 5 aromatic rings. The first-order valence-electron chi connectivity index (χ1n) is 11.3. The predicted molar refractivity (Wildman–Crippen MR) is 136 cm³/mol. The largest absolute Gasteiger partial charge is 0.453 e. The van der Waals surface area contributed by atoms with Gasteiger partial charge >= 0.3 is 0 Å². The lowest BCUT2D eigenvalue weighted by molar-refractivity contribution is 0.477. The Morgan fingerprint density at radius 1 is 0.353 bits per heavy atom. The summed E-state index contributed by atoms with van der Waals surface area (Å²) in [5.41, 5.74) is 6.17. The molecule has 162 valence electrons. The van der Waals surface area contributed by atoms with E-state index in [-0.39, 0.29) is 0 Å². The van der Waals surface area contributed by atoms with Gasteiger partial charge in [-0.3, -0.25) is 0 Å². The summed E-state index contributed by atoms with van der Waals surface area (Å²) in [4.78, 5) is 4.52. The average molecular weight is 441 g/mol. The Labute approximate surface area is 197 Å². The summed E-state index contributed by atoms with van der Waals surface area (Å²) in [6, 6.07) is 41.2. The SMILES string of the molecule is c1cc(N2c3ccccc3Oc3ccccc32)cc(N2c3ccccc3Oc3ccccc32)c1. The standard InChI is InChI=1S/C30H20N2O2/c1-5-16-27-23(12-1)31(24-13-2-6-17-28(24)33-27)21-10-9-11-22(20-21)32-25-14-3-7-18-29(25)34-30-19-8-4-15-26(30)32/h1-20H. The number of hydrogen-bond acceptors (Lipinski definition) is 4. The molecule has 0 saturated heterocycles. The molecule has 0 spiro atoms. The molecule has 0 N–H and O–H groups in total. The van der Waals surface area contributed by atoms with Crippen LogP contribution < -0.4 is 19.3 Å². The lowest BCUT2D eigenvalue weighted by Crippen LogP contribution is -2.18. The Bertz CT molecular complexity index is 1340. The Morgan fingerprint density at radius 2 is 0.676 bits per heavy atom. The maximum absolute atomic E-state index is 6.20. The van der Waals surface area contributed by atoms with Gasteiger partial charge in [-0.05, 0) is 66.7 Å². The number of para-hydroxylation sites is 8. The molecule has 0 amide bonds. The molecule has 7 rings (SSSR count). The van der Waals surface area contributed by atoms with Crippen molar-refractivity contribution in [1.29, 1.82) is 0 Å². The van der Waals surface area contributed by atoms with Crippen LogP contribution in [0.4, 0.5) is 34.1 Å². The van der Waals surface area contributed by atoms with Crippen LogP contribution in [-0.4, -0.2) is 0 Å². The van der Waals surface area contributed by atoms with Crippen molar-refractivity contribution in [2.45, 2.75) is 0 Å². The van der Waals surface area contributed by atoms with Gasteiger partial charge < -0.3 is 19.3 Å². The minimum atomic E-state index is 0.841. The van der Waals surface area contributed by atoms with Crippen molar-refractivity contribution in [2.24, 2.45) is 0 Å². The molecule has 34 heavy (non-hydrogen) atoms. The number of nitrogens with zero attached hydrogens (tertiary/aromatic N) is 2. The molecule has 0 aromatic heterocycles. The van der Waals surface area contributed by atoms with Crippen LogP contribution in [0.25, 0.3) is 0 Å². The highest BCUT2D eigenvalue weighted by atomic mass is 16.5. The van der Waals surface area contributed by atoms with Crippen molar-refractivity contribution < 1.29 is 9.47 Å². The number of anilines is 6. The fraction of sp³-hybridized carbons (Fsp3) is 0. The number of benzene rings is 5. The molecule has 4 heteroatoms. The molecule has 0 atom stereocenters. The smallest absolute Gasteiger partial charge is 0.151 e. The van der Waals surface area contributed by atoms with Crippen molar-refractivity contribution in [3.63, 3.8) is 0 Å². The maximum Gasteiger partial charge on any atom is 0.151 e. The predicted octanol–water partition coefficient (Wildman–Crippen LogP) is 8.84. The Morgan fingerprint density at radius 3 is 1.03 bits per heavy atom. The van der Waals surface area contributed by atoms with Gasteiger partial charge in [-0.25, -0.2) is 0 Å². The van der Waals surface area contributed by atoms with E-state index in [0.29, 0.717) is 0 Å². The number of hydrogen-bond donors (Lipinski definition) is 0. The van der Waals surface area contributed by atoms with E-state index in [1.807, 2.05) is 72.8 Å². The summed E-state index contributed by atoms with van der Waals surface area (Å²) >= 11 is 0. The zero-order valence-corrected chi connectivity index (χ0v) is 18.3. The lowest BCUT2D eigenvalue weighted by atomic mass is 10.1. The molecule has 2 aliphatic rings. The second-order valence-electron chi connectivity index (χ2n) is 8.27. The molecule has 0 saturated carbocycles. The zero-order valence-electron chi connectivity index (χ0n) is 18.3. The van der Waals surface area contributed by atoms with Crippen LogP contribution in [0.5, 0.6) is 23.0 Å². The van der Waals surface area contributed by atoms with Crippen LogP contribution in [0, 0.1) is 0 Å². The summed E-state index contributed by atoms with van der Waals surface area (Å²) < 4.78 is 12.4. The third-order valence-corrected chi connectivity index (χ3v) is 6.21. The van der Waals surface area contributed by atoms with Gasteiger partial charge in [0.2, 0.25) is 0 Å². The van der Waals surface area contributed by atoms with Gasteiger partial charge in [-0.15, -0.1) is 0 Å². The van der Waals surface area contributed by atoms with E-state index in [1.165, 1.54) is 0 Å². The van der Waals surface area contributed by atoms with Gasteiger partial charge in [0.15, 0.2) is 23.0 Å². The van der Waals surface area contributed by atoms with Crippen molar-refractivity contribution >= 4 is 34.1 Å². The normalized spacial score (nSPS) is 13.1.